The fraction of sp³-hybridized carbons (Fsp3) is 0. The number of para-hydroxylation sites is 4. The van der Waals surface area contributed by atoms with E-state index in [9.17, 15) is 0 Å². The highest BCUT2D eigenvalue weighted by Gasteiger charge is 2.24. The fourth-order valence-electron chi connectivity index (χ4n) is 11.4. The van der Waals surface area contributed by atoms with Gasteiger partial charge in [0, 0.05) is 70.9 Å². The van der Waals surface area contributed by atoms with Gasteiger partial charge >= 0.3 is 0 Å². The monoisotopic (exact) mass is 919 g/mol. The lowest BCUT2D eigenvalue weighted by Gasteiger charge is -2.13. The summed E-state index contributed by atoms with van der Waals surface area (Å²) in [5.41, 5.74) is 12.2. The molecule has 0 spiro atoms. The first-order valence-electron chi connectivity index (χ1n) is 24.2. The van der Waals surface area contributed by atoms with Crippen molar-refractivity contribution in [3.63, 3.8) is 0 Å². The highest BCUT2D eigenvalue weighted by molar-refractivity contribution is 6.19. The summed E-state index contributed by atoms with van der Waals surface area (Å²) in [4.78, 5) is 16.3. The summed E-state index contributed by atoms with van der Waals surface area (Å²) in [7, 11) is 0. The third kappa shape index (κ3) is 5.70. The Morgan fingerprint density at radius 3 is 1.64 bits per heavy atom. The van der Waals surface area contributed by atoms with Gasteiger partial charge in [0.15, 0.2) is 23.1 Å². The summed E-state index contributed by atoms with van der Waals surface area (Å²) < 4.78 is 18.2. The van der Waals surface area contributed by atoms with Crippen LogP contribution in [0.25, 0.3) is 155 Å². The SMILES string of the molecule is c1ccc(-n2c3ccccc3c3ccc(-c4nc(-c5ccc6oc7ccccc7c6c5)nc(-c5cc(-n6c7ccccc7c7cc8ccccc8cc76)c6oc7c8ccccc8ccc7c6c5)n4)cc32)cc1. The average Bonchev–Trinajstić information content (AvgIpc) is 4.20. The molecule has 16 rings (SSSR count). The van der Waals surface area contributed by atoms with Crippen LogP contribution < -0.4 is 0 Å². The molecule has 0 aliphatic carbocycles. The molecule has 0 amide bonds. The van der Waals surface area contributed by atoms with Gasteiger partial charge in [0.25, 0.3) is 0 Å². The van der Waals surface area contributed by atoms with E-state index < -0.39 is 0 Å². The van der Waals surface area contributed by atoms with Crippen molar-refractivity contribution in [3.8, 4) is 45.5 Å². The van der Waals surface area contributed by atoms with E-state index in [-0.39, 0.29) is 0 Å². The molecule has 72 heavy (non-hydrogen) atoms. The Morgan fingerprint density at radius 1 is 0.278 bits per heavy atom. The van der Waals surface area contributed by atoms with Crippen molar-refractivity contribution in [1.29, 1.82) is 0 Å². The summed E-state index contributed by atoms with van der Waals surface area (Å²) in [6.07, 6.45) is 0. The van der Waals surface area contributed by atoms with Crippen LogP contribution in [0.5, 0.6) is 0 Å². The number of aromatic nitrogens is 5. The number of hydrogen-bond acceptors (Lipinski definition) is 5. The van der Waals surface area contributed by atoms with Crippen molar-refractivity contribution in [3.05, 3.63) is 224 Å². The van der Waals surface area contributed by atoms with Gasteiger partial charge in [-0.15, -0.1) is 0 Å². The molecule has 5 aromatic heterocycles. The second-order valence-corrected chi connectivity index (χ2v) is 18.7. The van der Waals surface area contributed by atoms with Crippen LogP contribution >= 0.6 is 0 Å². The Balaban J connectivity index is 1.00. The molecule has 16 aromatic rings. The Hall–Kier alpha value is -9.85. The van der Waals surface area contributed by atoms with Crippen molar-refractivity contribution in [2.75, 3.05) is 0 Å². The van der Waals surface area contributed by atoms with Gasteiger partial charge in [0.1, 0.15) is 16.7 Å². The van der Waals surface area contributed by atoms with E-state index >= 15 is 0 Å². The molecule has 0 fully saturated rings. The molecule has 7 heteroatoms. The zero-order chi connectivity index (χ0) is 47.0. The fourth-order valence-corrected chi connectivity index (χ4v) is 11.4. The first-order chi connectivity index (χ1) is 35.7. The zero-order valence-corrected chi connectivity index (χ0v) is 38.4. The van der Waals surface area contributed by atoms with E-state index in [1.165, 1.54) is 16.2 Å². The van der Waals surface area contributed by atoms with Gasteiger partial charge < -0.3 is 18.0 Å². The highest BCUT2D eigenvalue weighted by Crippen LogP contribution is 2.44. The molecule has 0 aliphatic heterocycles. The number of rotatable bonds is 5. The Labute approximate surface area is 410 Å². The maximum atomic E-state index is 7.18. The maximum Gasteiger partial charge on any atom is 0.164 e. The Bertz CT molecular complexity index is 4940. The van der Waals surface area contributed by atoms with Crippen molar-refractivity contribution in [2.45, 2.75) is 0 Å². The molecule has 0 saturated carbocycles. The van der Waals surface area contributed by atoms with Gasteiger partial charge in [-0.3, -0.25) is 0 Å². The second kappa shape index (κ2) is 14.8. The van der Waals surface area contributed by atoms with E-state index in [1.54, 1.807) is 0 Å². The molecule has 0 aliphatic rings. The predicted octanol–water partition coefficient (Wildman–Crippen LogP) is 17.2. The molecular formula is C65H37N5O2. The molecule has 334 valence electrons. The summed E-state index contributed by atoms with van der Waals surface area (Å²) in [6, 6.07) is 79.2. The van der Waals surface area contributed by atoms with E-state index in [2.05, 4.69) is 209 Å². The summed E-state index contributed by atoms with van der Waals surface area (Å²) in [5.74, 6) is 1.66. The van der Waals surface area contributed by atoms with Crippen LogP contribution in [0.15, 0.2) is 233 Å². The minimum atomic E-state index is 0.542. The lowest BCUT2D eigenvalue weighted by molar-refractivity contribution is 0.669. The zero-order valence-electron chi connectivity index (χ0n) is 38.4. The third-order valence-corrected chi connectivity index (χ3v) is 14.7. The minimum absolute atomic E-state index is 0.542. The van der Waals surface area contributed by atoms with Gasteiger partial charge in [-0.1, -0.05) is 140 Å². The Kier molecular flexibility index (Phi) is 8.04. The largest absolute Gasteiger partial charge is 0.456 e. The van der Waals surface area contributed by atoms with Gasteiger partial charge in [-0.05, 0) is 101 Å². The first kappa shape index (κ1) is 39.0. The molecule has 0 atom stereocenters. The average molecular weight is 920 g/mol. The molecule has 0 N–H and O–H groups in total. The molecular weight excluding hydrogens is 883 g/mol. The van der Waals surface area contributed by atoms with Crippen LogP contribution in [0.4, 0.5) is 0 Å². The smallest absolute Gasteiger partial charge is 0.164 e. The number of nitrogens with zero attached hydrogens (tertiary/aromatic N) is 5. The van der Waals surface area contributed by atoms with Crippen molar-refractivity contribution in [2.24, 2.45) is 0 Å². The van der Waals surface area contributed by atoms with Crippen LogP contribution in [0.1, 0.15) is 0 Å². The van der Waals surface area contributed by atoms with Crippen LogP contribution in [-0.4, -0.2) is 24.1 Å². The van der Waals surface area contributed by atoms with Gasteiger partial charge in [0.05, 0.1) is 27.8 Å². The number of hydrogen-bond donors (Lipinski definition) is 0. The summed E-state index contributed by atoms with van der Waals surface area (Å²) in [5, 5.41) is 13.2. The van der Waals surface area contributed by atoms with E-state index in [0.29, 0.717) is 17.5 Å². The highest BCUT2D eigenvalue weighted by atomic mass is 16.3. The molecule has 7 nitrogen and oxygen atoms in total. The topological polar surface area (TPSA) is 74.8 Å². The normalized spacial score (nSPS) is 12.2. The van der Waals surface area contributed by atoms with Crippen LogP contribution in [0.2, 0.25) is 0 Å². The van der Waals surface area contributed by atoms with Crippen LogP contribution in [0.3, 0.4) is 0 Å². The van der Waals surface area contributed by atoms with Crippen molar-refractivity contribution < 1.29 is 8.83 Å². The predicted molar refractivity (Wildman–Crippen MR) is 294 cm³/mol. The first-order valence-corrected chi connectivity index (χ1v) is 24.2. The van der Waals surface area contributed by atoms with E-state index in [1.807, 2.05) is 24.3 Å². The molecule has 0 bridgehead atoms. The second-order valence-electron chi connectivity index (χ2n) is 18.7. The summed E-state index contributed by atoms with van der Waals surface area (Å²) in [6.45, 7) is 0. The quantitative estimate of drug-likeness (QED) is 0.172. The van der Waals surface area contributed by atoms with Gasteiger partial charge in [0.2, 0.25) is 0 Å². The number of furan rings is 2. The molecule has 0 radical (unpaired) electrons. The van der Waals surface area contributed by atoms with Crippen LogP contribution in [-0.2, 0) is 0 Å². The standard InChI is InChI=1S/C65H37N5O2/c1-2-17-44(18-3-1)69-54-23-11-8-20-46(54)48-29-27-42(36-56(48)69)64-66-63(41-28-31-60-52(33-41)49-22-10-13-25-59(49)71-60)67-65(68-64)43-34-53-50-30-26-38-14-6-7-19-45(38)61(50)72-62(53)58(37-43)70-55-24-12-9-21-47(55)51-32-39-15-4-5-16-40(39)35-57(51)70/h1-37H. The molecule has 0 unspecified atom stereocenters. The van der Waals surface area contributed by atoms with Crippen molar-refractivity contribution >= 4 is 109 Å². The van der Waals surface area contributed by atoms with Gasteiger partial charge in [-0.25, -0.2) is 15.0 Å². The summed E-state index contributed by atoms with van der Waals surface area (Å²) >= 11 is 0. The van der Waals surface area contributed by atoms with Crippen LogP contribution in [0, 0.1) is 0 Å². The minimum Gasteiger partial charge on any atom is -0.456 e. The molecule has 5 heterocycles. The lowest BCUT2D eigenvalue weighted by Crippen LogP contribution is -2.02. The van der Waals surface area contributed by atoms with E-state index in [4.69, 9.17) is 23.8 Å². The number of benzene rings is 11. The third-order valence-electron chi connectivity index (χ3n) is 14.7. The van der Waals surface area contributed by atoms with E-state index in [0.717, 1.165) is 121 Å². The lowest BCUT2D eigenvalue weighted by atomic mass is 10.0. The Morgan fingerprint density at radius 2 is 0.833 bits per heavy atom. The molecule has 0 saturated heterocycles. The van der Waals surface area contributed by atoms with Crippen molar-refractivity contribution in [1.82, 2.24) is 24.1 Å². The van der Waals surface area contributed by atoms with Gasteiger partial charge in [-0.2, -0.15) is 0 Å². The molecule has 11 aromatic carbocycles. The maximum absolute atomic E-state index is 7.18. The number of fused-ring (bicyclic) bond motifs is 15.